The molecule has 0 heterocycles. The van der Waals surface area contributed by atoms with Gasteiger partial charge in [0, 0.05) is 31.8 Å². The zero-order chi connectivity index (χ0) is 13.7. The molecule has 0 bridgehead atoms. The second-order valence-electron chi connectivity index (χ2n) is 5.01. The molecule has 0 radical (unpaired) electrons. The fraction of sp³-hybridized carbons (Fsp3) is 0.533. The lowest BCUT2D eigenvalue weighted by atomic mass is 10.1. The Balaban J connectivity index is 1.87. The molecule has 0 unspecified atom stereocenters. The van der Waals surface area contributed by atoms with E-state index in [1.807, 2.05) is 29.2 Å². The summed E-state index contributed by atoms with van der Waals surface area (Å²) in [6, 6.07) is 8.17. The number of hydrogen-bond acceptors (Lipinski definition) is 3. The van der Waals surface area contributed by atoms with E-state index in [9.17, 15) is 4.79 Å². The molecular formula is C15H22N2O2. The summed E-state index contributed by atoms with van der Waals surface area (Å²) in [6.45, 7) is 1.31. The average molecular weight is 262 g/mol. The molecule has 1 aliphatic rings. The molecule has 1 fully saturated rings. The minimum Gasteiger partial charge on any atom is -0.399 e. The number of nitrogen functional groups attached to an aromatic ring is 1. The SMILES string of the molecule is COCCN(C(=O)CCc1ccccc1N)C1CC1. The van der Waals surface area contributed by atoms with Crippen LogP contribution in [0.5, 0.6) is 0 Å². The molecular weight excluding hydrogens is 240 g/mol. The molecule has 2 N–H and O–H groups in total. The zero-order valence-electron chi connectivity index (χ0n) is 11.5. The van der Waals surface area contributed by atoms with Crippen LogP contribution in [0.2, 0.25) is 0 Å². The quantitative estimate of drug-likeness (QED) is 0.763. The highest BCUT2D eigenvalue weighted by Gasteiger charge is 2.31. The van der Waals surface area contributed by atoms with Gasteiger partial charge in [0.05, 0.1) is 6.61 Å². The van der Waals surface area contributed by atoms with Crippen LogP contribution in [0.4, 0.5) is 5.69 Å². The summed E-state index contributed by atoms with van der Waals surface area (Å²) < 4.78 is 5.07. The number of carbonyl (C=O) groups is 1. The van der Waals surface area contributed by atoms with E-state index < -0.39 is 0 Å². The third-order valence-corrected chi connectivity index (χ3v) is 3.51. The largest absolute Gasteiger partial charge is 0.399 e. The van der Waals surface area contributed by atoms with Gasteiger partial charge in [0.2, 0.25) is 5.91 Å². The molecule has 0 saturated heterocycles. The molecule has 1 saturated carbocycles. The van der Waals surface area contributed by atoms with Crippen LogP contribution >= 0.6 is 0 Å². The fourth-order valence-corrected chi connectivity index (χ4v) is 2.23. The number of methoxy groups -OCH3 is 1. The number of rotatable bonds is 7. The van der Waals surface area contributed by atoms with Gasteiger partial charge in [-0.3, -0.25) is 4.79 Å². The van der Waals surface area contributed by atoms with Crippen LogP contribution in [0.3, 0.4) is 0 Å². The van der Waals surface area contributed by atoms with Gasteiger partial charge in [0.1, 0.15) is 0 Å². The van der Waals surface area contributed by atoms with Gasteiger partial charge in [-0.05, 0) is 30.9 Å². The van der Waals surface area contributed by atoms with Crippen LogP contribution < -0.4 is 5.73 Å². The Hall–Kier alpha value is -1.55. The first-order valence-corrected chi connectivity index (χ1v) is 6.84. The maximum atomic E-state index is 12.2. The van der Waals surface area contributed by atoms with Crippen molar-refractivity contribution in [3.63, 3.8) is 0 Å². The number of ether oxygens (including phenoxy) is 1. The minimum absolute atomic E-state index is 0.211. The molecule has 1 amide bonds. The van der Waals surface area contributed by atoms with Crippen molar-refractivity contribution in [3.05, 3.63) is 29.8 Å². The molecule has 4 nitrogen and oxygen atoms in total. The van der Waals surface area contributed by atoms with E-state index in [4.69, 9.17) is 10.5 Å². The summed E-state index contributed by atoms with van der Waals surface area (Å²) in [5, 5.41) is 0. The average Bonchev–Trinajstić information content (AvgIpc) is 3.23. The Labute approximate surface area is 114 Å². The molecule has 104 valence electrons. The number of benzene rings is 1. The topological polar surface area (TPSA) is 55.6 Å². The molecule has 0 aromatic heterocycles. The van der Waals surface area contributed by atoms with Crippen molar-refractivity contribution < 1.29 is 9.53 Å². The molecule has 4 heteroatoms. The standard InChI is InChI=1S/C15H22N2O2/c1-19-11-10-17(13-7-8-13)15(18)9-6-12-4-2-3-5-14(12)16/h2-5,13H,6-11,16H2,1H3. The summed E-state index contributed by atoms with van der Waals surface area (Å²) in [6.07, 6.45) is 3.49. The molecule has 19 heavy (non-hydrogen) atoms. The molecule has 0 spiro atoms. The van der Waals surface area contributed by atoms with Crippen LogP contribution in [0, 0.1) is 0 Å². The fourth-order valence-electron chi connectivity index (χ4n) is 2.23. The lowest BCUT2D eigenvalue weighted by Gasteiger charge is -2.22. The maximum absolute atomic E-state index is 12.2. The highest BCUT2D eigenvalue weighted by atomic mass is 16.5. The van der Waals surface area contributed by atoms with E-state index in [0.717, 1.165) is 24.1 Å². The van der Waals surface area contributed by atoms with Crippen molar-refractivity contribution >= 4 is 11.6 Å². The number of hydrogen-bond donors (Lipinski definition) is 1. The Morgan fingerprint density at radius 1 is 1.42 bits per heavy atom. The lowest BCUT2D eigenvalue weighted by Crippen LogP contribution is -2.35. The van der Waals surface area contributed by atoms with Crippen molar-refractivity contribution in [1.29, 1.82) is 0 Å². The number of nitrogens with two attached hydrogens (primary N) is 1. The van der Waals surface area contributed by atoms with Crippen molar-refractivity contribution in [2.45, 2.75) is 31.7 Å². The summed E-state index contributed by atoms with van der Waals surface area (Å²) in [7, 11) is 1.67. The van der Waals surface area contributed by atoms with Crippen molar-refractivity contribution in [1.82, 2.24) is 4.90 Å². The van der Waals surface area contributed by atoms with Gasteiger partial charge in [-0.1, -0.05) is 18.2 Å². The number of para-hydroxylation sites is 1. The normalized spacial score (nSPS) is 14.4. The summed E-state index contributed by atoms with van der Waals surface area (Å²) in [5.41, 5.74) is 7.71. The first kappa shape index (κ1) is 13.9. The van der Waals surface area contributed by atoms with Crippen LogP contribution in [0.25, 0.3) is 0 Å². The predicted molar refractivity (Wildman–Crippen MR) is 75.8 cm³/mol. The Morgan fingerprint density at radius 2 is 2.16 bits per heavy atom. The highest BCUT2D eigenvalue weighted by Crippen LogP contribution is 2.27. The van der Waals surface area contributed by atoms with E-state index in [0.29, 0.717) is 32.0 Å². The van der Waals surface area contributed by atoms with Crippen molar-refractivity contribution in [3.8, 4) is 0 Å². The van der Waals surface area contributed by atoms with Crippen molar-refractivity contribution in [2.24, 2.45) is 0 Å². The molecule has 2 rings (SSSR count). The minimum atomic E-state index is 0.211. The first-order chi connectivity index (χ1) is 9.22. The van der Waals surface area contributed by atoms with Gasteiger partial charge in [0.25, 0.3) is 0 Å². The summed E-state index contributed by atoms with van der Waals surface area (Å²) >= 11 is 0. The van der Waals surface area contributed by atoms with E-state index in [1.54, 1.807) is 7.11 Å². The Morgan fingerprint density at radius 3 is 2.79 bits per heavy atom. The van der Waals surface area contributed by atoms with Crippen LogP contribution in [-0.4, -0.2) is 37.1 Å². The van der Waals surface area contributed by atoms with E-state index in [1.165, 1.54) is 0 Å². The smallest absolute Gasteiger partial charge is 0.223 e. The monoisotopic (exact) mass is 262 g/mol. The van der Waals surface area contributed by atoms with Gasteiger partial charge in [-0.15, -0.1) is 0 Å². The third-order valence-electron chi connectivity index (χ3n) is 3.51. The second kappa shape index (κ2) is 6.57. The molecule has 0 atom stereocenters. The second-order valence-corrected chi connectivity index (χ2v) is 5.01. The highest BCUT2D eigenvalue weighted by molar-refractivity contribution is 5.77. The van der Waals surface area contributed by atoms with Crippen LogP contribution in [0.1, 0.15) is 24.8 Å². The Bertz CT molecular complexity index is 430. The Kier molecular flexibility index (Phi) is 4.80. The van der Waals surface area contributed by atoms with E-state index >= 15 is 0 Å². The van der Waals surface area contributed by atoms with Gasteiger partial charge in [-0.25, -0.2) is 0 Å². The van der Waals surface area contributed by atoms with E-state index in [2.05, 4.69) is 0 Å². The molecule has 1 aromatic rings. The number of carbonyl (C=O) groups excluding carboxylic acids is 1. The number of nitrogens with zero attached hydrogens (tertiary/aromatic N) is 1. The zero-order valence-corrected chi connectivity index (χ0v) is 11.5. The number of aryl methyl sites for hydroxylation is 1. The molecule has 1 aromatic carbocycles. The summed E-state index contributed by atoms with van der Waals surface area (Å²) in [4.78, 5) is 14.2. The van der Waals surface area contributed by atoms with Gasteiger partial charge < -0.3 is 15.4 Å². The molecule has 0 aliphatic heterocycles. The lowest BCUT2D eigenvalue weighted by molar-refractivity contribution is -0.132. The van der Waals surface area contributed by atoms with Gasteiger partial charge in [-0.2, -0.15) is 0 Å². The van der Waals surface area contributed by atoms with E-state index in [-0.39, 0.29) is 5.91 Å². The summed E-state index contributed by atoms with van der Waals surface area (Å²) in [5.74, 6) is 0.211. The van der Waals surface area contributed by atoms with Crippen LogP contribution in [0.15, 0.2) is 24.3 Å². The van der Waals surface area contributed by atoms with Gasteiger partial charge >= 0.3 is 0 Å². The van der Waals surface area contributed by atoms with Crippen molar-refractivity contribution in [2.75, 3.05) is 26.0 Å². The maximum Gasteiger partial charge on any atom is 0.223 e. The van der Waals surface area contributed by atoms with Crippen LogP contribution in [-0.2, 0) is 16.0 Å². The number of anilines is 1. The number of amides is 1. The predicted octanol–water partition coefficient (Wildman–Crippen LogP) is 1.84. The van der Waals surface area contributed by atoms with Gasteiger partial charge in [0.15, 0.2) is 0 Å². The third kappa shape index (κ3) is 3.96. The molecule has 1 aliphatic carbocycles. The first-order valence-electron chi connectivity index (χ1n) is 6.84.